The number of carbonyl (C=O) groups excluding carboxylic acids is 2. The molecular weight excluding hydrogens is 475 g/mol. The van der Waals surface area contributed by atoms with Gasteiger partial charge in [-0.3, -0.25) is 0 Å². The molecule has 2 aromatic carbocycles. The maximum Gasteiger partial charge on any atom is 0.416 e. The fourth-order valence-corrected chi connectivity index (χ4v) is 4.04. The fourth-order valence-electron chi connectivity index (χ4n) is 4.04. The minimum atomic E-state index is -4.63. The summed E-state index contributed by atoms with van der Waals surface area (Å²) in [5, 5.41) is 9.16. The van der Waals surface area contributed by atoms with Crippen LogP contribution in [0.5, 0.6) is 0 Å². The first-order chi connectivity index (χ1) is 16.9. The van der Waals surface area contributed by atoms with E-state index in [2.05, 4.69) is 0 Å². The Kier molecular flexibility index (Phi) is 7.43. The maximum absolute atomic E-state index is 13.4. The third-order valence-corrected chi connectivity index (χ3v) is 5.59. The molecule has 0 radical (unpaired) electrons. The highest BCUT2D eigenvalue weighted by molar-refractivity contribution is 6.01. The first-order valence-corrected chi connectivity index (χ1v) is 10.9. The number of nitrogens with zero attached hydrogens (tertiary/aromatic N) is 2. The summed E-state index contributed by atoms with van der Waals surface area (Å²) >= 11 is 0. The van der Waals surface area contributed by atoms with Gasteiger partial charge in [-0.15, -0.1) is 0 Å². The van der Waals surface area contributed by atoms with Crippen molar-refractivity contribution in [1.82, 2.24) is 0 Å². The second kappa shape index (κ2) is 10.2. The molecule has 0 aromatic heterocycles. The van der Waals surface area contributed by atoms with E-state index in [0.717, 1.165) is 19.2 Å². The molecule has 0 amide bonds. The minimum absolute atomic E-state index is 0.00523. The zero-order chi connectivity index (χ0) is 26.8. The average molecular weight is 499 g/mol. The van der Waals surface area contributed by atoms with E-state index in [9.17, 15) is 22.8 Å². The zero-order valence-corrected chi connectivity index (χ0v) is 20.0. The van der Waals surface area contributed by atoms with E-state index >= 15 is 0 Å². The third kappa shape index (κ3) is 5.05. The molecule has 3 rings (SSSR count). The van der Waals surface area contributed by atoms with Crippen molar-refractivity contribution < 1.29 is 32.2 Å². The predicted molar refractivity (Wildman–Crippen MR) is 125 cm³/mol. The van der Waals surface area contributed by atoms with Gasteiger partial charge in [-0.1, -0.05) is 18.2 Å². The molecule has 10 heteroatoms. The number of carbonyl (C=O) groups is 2. The first kappa shape index (κ1) is 26.3. The molecule has 1 unspecified atom stereocenters. The number of alkyl halides is 3. The van der Waals surface area contributed by atoms with Crippen LogP contribution in [0.2, 0.25) is 0 Å². The van der Waals surface area contributed by atoms with E-state index in [4.69, 9.17) is 20.5 Å². The Morgan fingerprint density at radius 1 is 1.08 bits per heavy atom. The van der Waals surface area contributed by atoms with E-state index in [1.165, 1.54) is 36.1 Å². The Bertz CT molecular complexity index is 1290. The number of methoxy groups -OCH3 is 1. The van der Waals surface area contributed by atoms with Crippen molar-refractivity contribution in [2.45, 2.75) is 39.0 Å². The third-order valence-electron chi connectivity index (χ3n) is 5.59. The predicted octanol–water partition coefficient (Wildman–Crippen LogP) is 4.75. The van der Waals surface area contributed by atoms with Gasteiger partial charge in [0.1, 0.15) is 5.82 Å². The molecule has 0 aliphatic carbocycles. The summed E-state index contributed by atoms with van der Waals surface area (Å²) < 4.78 is 50.7. The Hall–Kier alpha value is -4.26. The van der Waals surface area contributed by atoms with Crippen molar-refractivity contribution in [3.05, 3.63) is 87.9 Å². The molecule has 1 aliphatic rings. The van der Waals surface area contributed by atoms with E-state index in [1.54, 1.807) is 26.0 Å². The van der Waals surface area contributed by atoms with Crippen LogP contribution in [0.3, 0.4) is 0 Å². The molecule has 0 saturated heterocycles. The van der Waals surface area contributed by atoms with Crippen LogP contribution in [-0.2, 0) is 25.2 Å². The molecule has 2 N–H and O–H groups in total. The number of hydrogen-bond acceptors (Lipinski definition) is 7. The Labute approximate surface area is 206 Å². The van der Waals surface area contributed by atoms with Crippen LogP contribution in [-0.4, -0.2) is 25.2 Å². The second-order valence-electron chi connectivity index (χ2n) is 8.29. The highest BCUT2D eigenvalue weighted by Gasteiger charge is 2.42. The van der Waals surface area contributed by atoms with Crippen LogP contribution >= 0.6 is 0 Å². The summed E-state index contributed by atoms with van der Waals surface area (Å²) in [4.78, 5) is 27.5. The molecular formula is C26H24F3N3O4. The number of nitrogens with two attached hydrogens (primary N) is 1. The number of hydrogen-bond donors (Lipinski definition) is 1. The molecule has 36 heavy (non-hydrogen) atoms. The molecule has 7 nitrogen and oxygen atoms in total. The van der Waals surface area contributed by atoms with Crippen molar-refractivity contribution in [3.63, 3.8) is 0 Å². The molecule has 0 bridgehead atoms. The van der Waals surface area contributed by atoms with Gasteiger partial charge in [0.2, 0.25) is 0 Å². The van der Waals surface area contributed by atoms with E-state index in [-0.39, 0.29) is 28.4 Å². The van der Waals surface area contributed by atoms with Gasteiger partial charge in [-0.2, -0.15) is 18.4 Å². The van der Waals surface area contributed by atoms with Crippen LogP contribution in [0.4, 0.5) is 18.9 Å². The number of allylic oxidation sites excluding steroid dienone is 1. The van der Waals surface area contributed by atoms with E-state index in [1.807, 2.05) is 6.07 Å². The quantitative estimate of drug-likeness (QED) is 0.592. The number of ether oxygens (including phenoxy) is 2. The smallest absolute Gasteiger partial charge is 0.416 e. The molecule has 188 valence electrons. The Morgan fingerprint density at radius 3 is 2.25 bits per heavy atom. The van der Waals surface area contributed by atoms with Crippen LogP contribution in [0, 0.1) is 11.3 Å². The first-order valence-electron chi connectivity index (χ1n) is 10.9. The van der Waals surface area contributed by atoms with Crippen LogP contribution < -0.4 is 10.6 Å². The van der Waals surface area contributed by atoms with Gasteiger partial charge < -0.3 is 20.1 Å². The zero-order valence-electron chi connectivity index (χ0n) is 20.0. The van der Waals surface area contributed by atoms with Gasteiger partial charge >= 0.3 is 18.1 Å². The molecule has 2 aromatic rings. The lowest BCUT2D eigenvalue weighted by Crippen LogP contribution is -2.39. The highest BCUT2D eigenvalue weighted by Crippen LogP contribution is 2.44. The van der Waals surface area contributed by atoms with Crippen LogP contribution in [0.15, 0.2) is 71.2 Å². The average Bonchev–Trinajstić information content (AvgIpc) is 2.82. The summed E-state index contributed by atoms with van der Waals surface area (Å²) in [5.74, 6) is -2.90. The van der Waals surface area contributed by atoms with Gasteiger partial charge in [0, 0.05) is 11.4 Å². The van der Waals surface area contributed by atoms with Crippen LogP contribution in [0.1, 0.15) is 43.4 Å². The summed E-state index contributed by atoms with van der Waals surface area (Å²) in [6.45, 7) is 4.75. The fraction of sp³-hybridized carbons (Fsp3) is 0.269. The molecule has 1 heterocycles. The van der Waals surface area contributed by atoms with Gasteiger partial charge in [-0.25, -0.2) is 9.59 Å². The molecule has 1 atom stereocenters. The molecule has 1 aliphatic heterocycles. The monoisotopic (exact) mass is 499 g/mol. The lowest BCUT2D eigenvalue weighted by Gasteiger charge is -2.37. The summed E-state index contributed by atoms with van der Waals surface area (Å²) in [6, 6.07) is 12.5. The maximum atomic E-state index is 13.4. The van der Waals surface area contributed by atoms with Crippen molar-refractivity contribution in [2.24, 2.45) is 5.73 Å². The normalized spacial score (nSPS) is 16.2. The summed E-state index contributed by atoms with van der Waals surface area (Å²) in [5.41, 5.74) is 6.33. The minimum Gasteiger partial charge on any atom is -0.466 e. The molecule has 0 saturated carbocycles. The van der Waals surface area contributed by atoms with Crippen molar-refractivity contribution in [2.75, 3.05) is 12.0 Å². The highest BCUT2D eigenvalue weighted by atomic mass is 19.4. The summed E-state index contributed by atoms with van der Waals surface area (Å²) in [7, 11) is 1.15. The standard InChI is InChI=1S/C26H24F3N3O4/c1-14(2)36-25(34)22-21(17-10-8-16(13-30)9-11-17)20(24(33)35-4)15(3)32(23(22)31)19-7-5-6-18(12-19)26(27,28)29/h5-12,14,21H,31H2,1-4H3. The number of nitriles is 1. The molecule has 0 fully saturated rings. The van der Waals surface area contributed by atoms with E-state index < -0.39 is 35.7 Å². The van der Waals surface area contributed by atoms with Gasteiger partial charge in [0.05, 0.1) is 47.5 Å². The Balaban J connectivity index is 2.34. The Morgan fingerprint density at radius 2 is 1.72 bits per heavy atom. The summed E-state index contributed by atoms with van der Waals surface area (Å²) in [6.07, 6.45) is -5.17. The number of esters is 2. The van der Waals surface area contributed by atoms with Crippen molar-refractivity contribution in [1.29, 1.82) is 5.26 Å². The number of rotatable bonds is 5. The van der Waals surface area contributed by atoms with Crippen LogP contribution in [0.25, 0.3) is 0 Å². The number of benzene rings is 2. The van der Waals surface area contributed by atoms with Gasteiger partial charge in [-0.05, 0) is 56.7 Å². The van der Waals surface area contributed by atoms with Gasteiger partial charge in [0.25, 0.3) is 0 Å². The number of halogens is 3. The van der Waals surface area contributed by atoms with Crippen molar-refractivity contribution >= 4 is 17.6 Å². The largest absolute Gasteiger partial charge is 0.466 e. The topological polar surface area (TPSA) is 106 Å². The SMILES string of the molecule is COC(=O)C1=C(C)N(c2cccc(C(F)(F)F)c2)C(N)=C(C(=O)OC(C)C)C1c1ccc(C#N)cc1. The van der Waals surface area contributed by atoms with Crippen molar-refractivity contribution in [3.8, 4) is 6.07 Å². The lowest BCUT2D eigenvalue weighted by molar-refractivity contribution is -0.143. The number of anilines is 1. The molecule has 0 spiro atoms. The second-order valence-corrected chi connectivity index (χ2v) is 8.29. The van der Waals surface area contributed by atoms with Gasteiger partial charge in [0.15, 0.2) is 0 Å². The lowest BCUT2D eigenvalue weighted by atomic mass is 9.80. The van der Waals surface area contributed by atoms with E-state index in [0.29, 0.717) is 11.1 Å².